The van der Waals surface area contributed by atoms with Crippen LogP contribution < -0.4 is 4.74 Å². The maximum Gasteiger partial charge on any atom is 0.229 e. The highest BCUT2D eigenvalue weighted by Crippen LogP contribution is 2.35. The molecule has 0 atom stereocenters. The number of rotatable bonds is 4. The van der Waals surface area contributed by atoms with Gasteiger partial charge in [0.2, 0.25) is 5.71 Å². The van der Waals surface area contributed by atoms with Gasteiger partial charge in [0.1, 0.15) is 17.3 Å². The topological polar surface area (TPSA) is 58.0 Å². The molecule has 0 aliphatic heterocycles. The Balaban J connectivity index is 1.33. The van der Waals surface area contributed by atoms with Gasteiger partial charge in [0.15, 0.2) is 0 Å². The van der Waals surface area contributed by atoms with Crippen molar-refractivity contribution in [3.63, 3.8) is 0 Å². The van der Waals surface area contributed by atoms with Gasteiger partial charge < -0.3 is 9.15 Å². The van der Waals surface area contributed by atoms with Gasteiger partial charge in [0, 0.05) is 29.1 Å². The van der Waals surface area contributed by atoms with Gasteiger partial charge in [-0.25, -0.2) is 9.67 Å². The van der Waals surface area contributed by atoms with Crippen LogP contribution in [-0.2, 0) is 0 Å². The maximum absolute atomic E-state index is 6.30. The number of ether oxygens (including phenoxy) is 1. The van der Waals surface area contributed by atoms with Crippen LogP contribution in [0.15, 0.2) is 114 Å². The Kier molecular flexibility index (Phi) is 4.04. The summed E-state index contributed by atoms with van der Waals surface area (Å²) in [7, 11) is 0. The zero-order valence-electron chi connectivity index (χ0n) is 18.0. The van der Waals surface area contributed by atoms with E-state index in [1.54, 1.807) is 17.1 Å². The fourth-order valence-electron chi connectivity index (χ4n) is 4.50. The molecular formula is C28H18N4O2. The zero-order valence-corrected chi connectivity index (χ0v) is 18.0. The van der Waals surface area contributed by atoms with Gasteiger partial charge in [-0.05, 0) is 48.5 Å². The molecule has 0 spiro atoms. The van der Waals surface area contributed by atoms with Gasteiger partial charge in [-0.15, -0.1) is 0 Å². The van der Waals surface area contributed by atoms with E-state index in [1.807, 2.05) is 60.8 Å². The van der Waals surface area contributed by atoms with Gasteiger partial charge >= 0.3 is 0 Å². The van der Waals surface area contributed by atoms with Gasteiger partial charge in [-0.1, -0.05) is 30.3 Å². The molecule has 4 heterocycles. The van der Waals surface area contributed by atoms with Crippen LogP contribution in [0.3, 0.4) is 0 Å². The Morgan fingerprint density at radius 2 is 1.62 bits per heavy atom. The van der Waals surface area contributed by atoms with Crippen molar-refractivity contribution in [1.29, 1.82) is 0 Å². The summed E-state index contributed by atoms with van der Waals surface area (Å²) in [6.07, 6.45) is 5.27. The van der Waals surface area contributed by atoms with E-state index in [0.717, 1.165) is 39.1 Å². The lowest BCUT2D eigenvalue weighted by Gasteiger charge is -2.10. The molecule has 6 nitrogen and oxygen atoms in total. The van der Waals surface area contributed by atoms with Crippen molar-refractivity contribution < 1.29 is 9.15 Å². The second-order valence-electron chi connectivity index (χ2n) is 8.06. The van der Waals surface area contributed by atoms with Crippen molar-refractivity contribution in [2.75, 3.05) is 0 Å². The molecule has 4 aromatic heterocycles. The molecule has 0 radical (unpaired) electrons. The van der Waals surface area contributed by atoms with Crippen molar-refractivity contribution >= 4 is 32.9 Å². The molecule has 7 rings (SSSR count). The molecule has 0 saturated carbocycles. The summed E-state index contributed by atoms with van der Waals surface area (Å²) in [6, 6.07) is 30.2. The van der Waals surface area contributed by atoms with Crippen molar-refractivity contribution in [3.05, 3.63) is 110 Å². The molecule has 0 fully saturated rings. The number of hydrogen-bond donors (Lipinski definition) is 0. The monoisotopic (exact) mass is 442 g/mol. The van der Waals surface area contributed by atoms with E-state index < -0.39 is 0 Å². The van der Waals surface area contributed by atoms with Crippen molar-refractivity contribution in [2.45, 2.75) is 0 Å². The lowest BCUT2D eigenvalue weighted by Crippen LogP contribution is -1.97. The highest BCUT2D eigenvalue weighted by atomic mass is 16.5. The summed E-state index contributed by atoms with van der Waals surface area (Å²) in [4.78, 5) is 4.60. The first-order valence-electron chi connectivity index (χ1n) is 11.0. The highest BCUT2D eigenvalue weighted by Gasteiger charge is 2.14. The SMILES string of the molecule is c1ccc(-n2c3ccccc3c3ccc(Oc4cccc(-n5ncc6ccoc65)c4)cc32)nc1. The predicted molar refractivity (Wildman–Crippen MR) is 132 cm³/mol. The third-order valence-corrected chi connectivity index (χ3v) is 6.00. The maximum atomic E-state index is 6.30. The molecule has 7 aromatic rings. The Bertz CT molecular complexity index is 1790. The summed E-state index contributed by atoms with van der Waals surface area (Å²) in [6.45, 7) is 0. The summed E-state index contributed by atoms with van der Waals surface area (Å²) >= 11 is 0. The van der Waals surface area contributed by atoms with Gasteiger partial charge in [-0.3, -0.25) is 4.57 Å². The fraction of sp³-hybridized carbons (Fsp3) is 0. The minimum absolute atomic E-state index is 0.707. The van der Waals surface area contributed by atoms with Crippen LogP contribution in [0, 0.1) is 0 Å². The van der Waals surface area contributed by atoms with Gasteiger partial charge in [0.05, 0.1) is 34.6 Å². The lowest BCUT2D eigenvalue weighted by molar-refractivity contribution is 0.482. The number of benzene rings is 3. The first-order chi connectivity index (χ1) is 16.8. The standard InChI is InChI=1S/C28H18N4O2/c1-2-9-25-23(8-1)24-12-11-22(17-26(24)31(25)27-10-3-4-14-29-27)34-21-7-5-6-20(16-21)32-28-19(18-30-32)13-15-33-28/h1-18H. The lowest BCUT2D eigenvalue weighted by atomic mass is 10.1. The Morgan fingerprint density at radius 1 is 0.735 bits per heavy atom. The van der Waals surface area contributed by atoms with E-state index in [0.29, 0.717) is 11.5 Å². The fourth-order valence-corrected chi connectivity index (χ4v) is 4.50. The molecule has 6 heteroatoms. The van der Waals surface area contributed by atoms with E-state index in [4.69, 9.17) is 9.15 Å². The van der Waals surface area contributed by atoms with E-state index >= 15 is 0 Å². The van der Waals surface area contributed by atoms with Crippen LogP contribution in [0.25, 0.3) is 44.4 Å². The third-order valence-electron chi connectivity index (χ3n) is 6.00. The van der Waals surface area contributed by atoms with Crippen LogP contribution in [-0.4, -0.2) is 19.3 Å². The largest absolute Gasteiger partial charge is 0.457 e. The van der Waals surface area contributed by atoms with Crippen molar-refractivity contribution in [1.82, 2.24) is 19.3 Å². The molecule has 34 heavy (non-hydrogen) atoms. The molecule has 0 bridgehead atoms. The number of pyridine rings is 1. The molecular weight excluding hydrogens is 424 g/mol. The second-order valence-corrected chi connectivity index (χ2v) is 8.06. The average molecular weight is 442 g/mol. The molecule has 0 saturated heterocycles. The van der Waals surface area contributed by atoms with Crippen LogP contribution in [0.4, 0.5) is 0 Å². The number of furan rings is 1. The number of para-hydroxylation sites is 1. The molecule has 0 amide bonds. The van der Waals surface area contributed by atoms with Crippen LogP contribution >= 0.6 is 0 Å². The van der Waals surface area contributed by atoms with Crippen LogP contribution in [0.2, 0.25) is 0 Å². The third kappa shape index (κ3) is 2.89. The first kappa shape index (κ1) is 18.7. The van der Waals surface area contributed by atoms with Crippen molar-refractivity contribution in [2.24, 2.45) is 0 Å². The normalized spacial score (nSPS) is 11.5. The number of nitrogens with zero attached hydrogens (tertiary/aromatic N) is 4. The van der Waals surface area contributed by atoms with E-state index in [9.17, 15) is 0 Å². The highest BCUT2D eigenvalue weighted by molar-refractivity contribution is 6.09. The quantitative estimate of drug-likeness (QED) is 0.297. The molecule has 0 N–H and O–H groups in total. The minimum atomic E-state index is 0.707. The molecule has 0 aliphatic carbocycles. The van der Waals surface area contributed by atoms with Gasteiger partial charge in [0.25, 0.3) is 0 Å². The summed E-state index contributed by atoms with van der Waals surface area (Å²) in [5, 5.41) is 7.73. The van der Waals surface area contributed by atoms with Crippen LogP contribution in [0.5, 0.6) is 11.5 Å². The zero-order chi connectivity index (χ0) is 22.5. The molecule has 0 aliphatic rings. The molecule has 162 valence electrons. The summed E-state index contributed by atoms with van der Waals surface area (Å²) < 4.78 is 15.8. The van der Waals surface area contributed by atoms with E-state index in [1.165, 1.54) is 5.39 Å². The summed E-state index contributed by atoms with van der Waals surface area (Å²) in [5.41, 5.74) is 3.72. The van der Waals surface area contributed by atoms with E-state index in [-0.39, 0.29) is 0 Å². The Labute approximate surface area is 194 Å². The first-order valence-corrected chi connectivity index (χ1v) is 11.0. The van der Waals surface area contributed by atoms with Gasteiger partial charge in [-0.2, -0.15) is 5.10 Å². The molecule has 0 unspecified atom stereocenters. The number of hydrogen-bond acceptors (Lipinski definition) is 4. The average Bonchev–Trinajstić information content (AvgIpc) is 3.58. The minimum Gasteiger partial charge on any atom is -0.457 e. The van der Waals surface area contributed by atoms with Crippen LogP contribution in [0.1, 0.15) is 0 Å². The van der Waals surface area contributed by atoms with Crippen molar-refractivity contribution in [3.8, 4) is 23.0 Å². The smallest absolute Gasteiger partial charge is 0.229 e. The number of fused-ring (bicyclic) bond motifs is 4. The second kappa shape index (κ2) is 7.35. The summed E-state index contributed by atoms with van der Waals surface area (Å²) in [5.74, 6) is 2.33. The van der Waals surface area contributed by atoms with E-state index in [2.05, 4.69) is 51.0 Å². The Morgan fingerprint density at radius 3 is 2.56 bits per heavy atom. The number of aromatic nitrogens is 4. The molecule has 3 aromatic carbocycles. The Hall–Kier alpha value is -4.84. The predicted octanol–water partition coefficient (Wildman–Crippen LogP) is 6.90.